The van der Waals surface area contributed by atoms with Crippen LogP contribution in [0.15, 0.2) is 23.6 Å². The van der Waals surface area contributed by atoms with Crippen LogP contribution < -0.4 is 10.2 Å². The number of amides is 1. The summed E-state index contributed by atoms with van der Waals surface area (Å²) in [4.78, 5) is 15.2. The summed E-state index contributed by atoms with van der Waals surface area (Å²) in [6, 6.07) is 6.59. The lowest BCUT2D eigenvalue weighted by atomic mass is 10.0. The van der Waals surface area contributed by atoms with Crippen molar-refractivity contribution >= 4 is 28.6 Å². The van der Waals surface area contributed by atoms with E-state index in [1.165, 1.54) is 16.1 Å². The highest BCUT2D eigenvalue weighted by Gasteiger charge is 2.18. The van der Waals surface area contributed by atoms with Gasteiger partial charge in [-0.1, -0.05) is 0 Å². The van der Waals surface area contributed by atoms with Gasteiger partial charge in [-0.2, -0.15) is 0 Å². The highest BCUT2D eigenvalue weighted by Crippen LogP contribution is 2.31. The normalized spacial score (nSPS) is 14.0. The van der Waals surface area contributed by atoms with Gasteiger partial charge in [-0.25, -0.2) is 0 Å². The van der Waals surface area contributed by atoms with Crippen LogP contribution in [0.25, 0.3) is 0 Å². The maximum Gasteiger partial charge on any atom is 0.221 e. The Balaban J connectivity index is 1.89. The predicted octanol–water partition coefficient (Wildman–Crippen LogP) is 3.89. The van der Waals surface area contributed by atoms with Crippen molar-refractivity contribution in [3.8, 4) is 0 Å². The quantitative estimate of drug-likeness (QED) is 0.912. The van der Waals surface area contributed by atoms with Crippen LogP contribution in [-0.2, 0) is 17.8 Å². The van der Waals surface area contributed by atoms with E-state index in [-0.39, 0.29) is 5.91 Å². The Labute approximate surface area is 129 Å². The summed E-state index contributed by atoms with van der Waals surface area (Å²) >= 11 is 1.86. The summed E-state index contributed by atoms with van der Waals surface area (Å²) < 4.78 is 0. The second kappa shape index (κ2) is 5.53. The summed E-state index contributed by atoms with van der Waals surface area (Å²) in [5, 5.41) is 5.11. The van der Waals surface area contributed by atoms with Gasteiger partial charge < -0.3 is 10.2 Å². The molecule has 0 unspecified atom stereocenters. The molecule has 0 spiro atoms. The van der Waals surface area contributed by atoms with Crippen LogP contribution in [0, 0.1) is 13.8 Å². The fourth-order valence-corrected chi connectivity index (χ4v) is 3.85. The molecule has 3 nitrogen and oxygen atoms in total. The third kappa shape index (κ3) is 2.81. The summed E-state index contributed by atoms with van der Waals surface area (Å²) in [5.41, 5.74) is 5.88. The zero-order valence-corrected chi connectivity index (χ0v) is 13.5. The molecule has 1 aromatic carbocycles. The lowest BCUT2D eigenvalue weighted by Crippen LogP contribution is -2.29. The Hall–Kier alpha value is -1.81. The Morgan fingerprint density at radius 3 is 2.67 bits per heavy atom. The summed E-state index contributed by atoms with van der Waals surface area (Å²) in [6.07, 6.45) is 1.12. The average molecular weight is 300 g/mol. The molecule has 1 N–H and O–H groups in total. The molecule has 1 amide bonds. The number of thiophene rings is 1. The Bertz CT molecular complexity index is 667. The number of aryl methyl sites for hydroxylation is 2. The molecule has 0 aliphatic carbocycles. The van der Waals surface area contributed by atoms with Gasteiger partial charge in [0.15, 0.2) is 0 Å². The number of nitrogens with one attached hydrogen (secondary N) is 1. The van der Waals surface area contributed by atoms with Crippen LogP contribution in [-0.4, -0.2) is 12.5 Å². The predicted molar refractivity (Wildman–Crippen MR) is 89.3 cm³/mol. The van der Waals surface area contributed by atoms with Gasteiger partial charge in [-0.15, -0.1) is 11.3 Å². The van der Waals surface area contributed by atoms with Gasteiger partial charge in [0.2, 0.25) is 5.91 Å². The summed E-state index contributed by atoms with van der Waals surface area (Å²) in [7, 11) is 0. The Kier molecular flexibility index (Phi) is 3.72. The molecule has 0 radical (unpaired) electrons. The monoisotopic (exact) mass is 300 g/mol. The molecule has 4 heteroatoms. The molecule has 0 saturated carbocycles. The molecule has 2 aromatic rings. The van der Waals surface area contributed by atoms with E-state index in [2.05, 4.69) is 47.6 Å². The minimum absolute atomic E-state index is 0.0187. The first-order valence-electron chi connectivity index (χ1n) is 7.23. The SMILES string of the molecule is CC(=O)Nc1c(C)cc(N2CCc3sccc3C2)cc1C. The fraction of sp³-hybridized carbons (Fsp3) is 0.353. The topological polar surface area (TPSA) is 32.3 Å². The highest BCUT2D eigenvalue weighted by molar-refractivity contribution is 7.10. The molecule has 0 fully saturated rings. The Morgan fingerprint density at radius 1 is 1.29 bits per heavy atom. The average Bonchev–Trinajstić information content (AvgIpc) is 2.89. The van der Waals surface area contributed by atoms with Crippen LogP contribution in [0.1, 0.15) is 28.5 Å². The van der Waals surface area contributed by atoms with E-state index in [0.29, 0.717) is 0 Å². The van der Waals surface area contributed by atoms with Crippen LogP contribution in [0.2, 0.25) is 0 Å². The summed E-state index contributed by atoms with van der Waals surface area (Å²) in [5.74, 6) is -0.0187. The standard InChI is InChI=1S/C17H20N2OS/c1-11-8-15(9-12(2)17(11)18-13(3)20)19-6-4-16-14(10-19)5-7-21-16/h5,7-9H,4,6,10H2,1-3H3,(H,18,20). The minimum atomic E-state index is -0.0187. The number of carbonyl (C=O) groups excluding carboxylic acids is 1. The van der Waals surface area contributed by atoms with Gasteiger partial charge >= 0.3 is 0 Å². The molecule has 3 rings (SSSR count). The molecule has 1 aromatic heterocycles. The van der Waals surface area contributed by atoms with Crippen LogP contribution in [0.4, 0.5) is 11.4 Å². The number of hydrogen-bond acceptors (Lipinski definition) is 3. The number of hydrogen-bond donors (Lipinski definition) is 1. The molecule has 0 atom stereocenters. The van der Waals surface area contributed by atoms with E-state index in [1.807, 2.05) is 11.3 Å². The van der Waals surface area contributed by atoms with Gasteiger partial charge in [0.05, 0.1) is 0 Å². The van der Waals surface area contributed by atoms with Crippen molar-refractivity contribution in [3.63, 3.8) is 0 Å². The lowest BCUT2D eigenvalue weighted by Gasteiger charge is -2.30. The molecule has 1 aliphatic rings. The van der Waals surface area contributed by atoms with Gasteiger partial charge in [0.1, 0.15) is 0 Å². The largest absolute Gasteiger partial charge is 0.367 e. The first-order chi connectivity index (χ1) is 10.0. The third-order valence-electron chi connectivity index (χ3n) is 3.99. The molecule has 21 heavy (non-hydrogen) atoms. The molecule has 2 heterocycles. The Morgan fingerprint density at radius 2 is 2.00 bits per heavy atom. The number of nitrogens with zero attached hydrogens (tertiary/aromatic N) is 1. The molecule has 110 valence electrons. The van der Waals surface area contributed by atoms with E-state index in [4.69, 9.17) is 0 Å². The third-order valence-corrected chi connectivity index (χ3v) is 5.01. The van der Waals surface area contributed by atoms with E-state index in [1.54, 1.807) is 6.92 Å². The van der Waals surface area contributed by atoms with Crippen LogP contribution in [0.5, 0.6) is 0 Å². The zero-order valence-electron chi connectivity index (χ0n) is 12.7. The maximum atomic E-state index is 11.3. The molecular weight excluding hydrogens is 280 g/mol. The van der Waals surface area contributed by atoms with Gasteiger partial charge in [-0.05, 0) is 60.5 Å². The van der Waals surface area contributed by atoms with Gasteiger partial charge in [0, 0.05) is 36.3 Å². The van der Waals surface area contributed by atoms with E-state index >= 15 is 0 Å². The number of carbonyl (C=O) groups is 1. The van der Waals surface area contributed by atoms with Crippen LogP contribution >= 0.6 is 11.3 Å². The maximum absolute atomic E-state index is 11.3. The molecule has 0 bridgehead atoms. The van der Waals surface area contributed by atoms with E-state index in [0.717, 1.165) is 36.3 Å². The van der Waals surface area contributed by atoms with Gasteiger partial charge in [-0.3, -0.25) is 4.79 Å². The molecule has 1 aliphatic heterocycles. The van der Waals surface area contributed by atoms with Crippen LogP contribution in [0.3, 0.4) is 0 Å². The number of benzene rings is 1. The first-order valence-corrected chi connectivity index (χ1v) is 8.11. The smallest absolute Gasteiger partial charge is 0.221 e. The van der Waals surface area contributed by atoms with Crippen molar-refractivity contribution in [2.75, 3.05) is 16.8 Å². The number of fused-ring (bicyclic) bond motifs is 1. The number of anilines is 2. The lowest BCUT2D eigenvalue weighted by molar-refractivity contribution is -0.114. The first kappa shape index (κ1) is 14.1. The van der Waals surface area contributed by atoms with Crippen molar-refractivity contribution in [1.29, 1.82) is 0 Å². The van der Waals surface area contributed by atoms with Crippen molar-refractivity contribution in [2.45, 2.75) is 33.7 Å². The second-order valence-electron chi connectivity index (χ2n) is 5.68. The van der Waals surface area contributed by atoms with Crippen molar-refractivity contribution in [1.82, 2.24) is 0 Å². The van der Waals surface area contributed by atoms with Crippen molar-refractivity contribution < 1.29 is 4.79 Å². The fourth-order valence-electron chi connectivity index (χ4n) is 2.97. The zero-order chi connectivity index (χ0) is 15.0. The van der Waals surface area contributed by atoms with Crippen molar-refractivity contribution in [3.05, 3.63) is 45.1 Å². The molecule has 0 saturated heterocycles. The summed E-state index contributed by atoms with van der Waals surface area (Å²) in [6.45, 7) is 7.71. The van der Waals surface area contributed by atoms with E-state index < -0.39 is 0 Å². The van der Waals surface area contributed by atoms with Gasteiger partial charge in [0.25, 0.3) is 0 Å². The highest BCUT2D eigenvalue weighted by atomic mass is 32.1. The number of rotatable bonds is 2. The minimum Gasteiger partial charge on any atom is -0.367 e. The molecular formula is C17H20N2OS. The van der Waals surface area contributed by atoms with Crippen molar-refractivity contribution in [2.24, 2.45) is 0 Å². The second-order valence-corrected chi connectivity index (χ2v) is 6.68. The van der Waals surface area contributed by atoms with E-state index in [9.17, 15) is 4.79 Å².